The number of nitrogens with one attached hydrogen (secondary N) is 1. The van der Waals surface area contributed by atoms with Gasteiger partial charge in [-0.25, -0.2) is 0 Å². The van der Waals surface area contributed by atoms with Crippen LogP contribution in [0.25, 0.3) is 0 Å². The number of carbonyl (C=O) groups is 2. The molecule has 1 fully saturated rings. The average Bonchev–Trinajstić information content (AvgIpc) is 3.36. The summed E-state index contributed by atoms with van der Waals surface area (Å²) < 4.78 is 0. The number of oxime groups is 1. The minimum atomic E-state index is -0.882. The molecule has 1 heterocycles. The van der Waals surface area contributed by atoms with Gasteiger partial charge < -0.3 is 21.0 Å². The maximum atomic E-state index is 12.3. The third kappa shape index (κ3) is 7.85. The normalized spacial score (nSPS) is 14.8. The Morgan fingerprint density at radius 1 is 1.26 bits per heavy atom. The summed E-state index contributed by atoms with van der Waals surface area (Å²) in [5.41, 5.74) is 8.98. The van der Waals surface area contributed by atoms with Crippen LogP contribution in [0.5, 0.6) is 0 Å². The van der Waals surface area contributed by atoms with Crippen molar-refractivity contribution >= 4 is 34.6 Å². The molecule has 0 aliphatic heterocycles. The summed E-state index contributed by atoms with van der Waals surface area (Å²) >= 11 is 1.52. The molecular formula is C25H34N4O4S. The van der Waals surface area contributed by atoms with Crippen LogP contribution in [0.15, 0.2) is 40.9 Å². The summed E-state index contributed by atoms with van der Waals surface area (Å²) in [5.74, 6) is -0.502. The van der Waals surface area contributed by atoms with Crippen molar-refractivity contribution in [3.05, 3.63) is 51.7 Å². The zero-order valence-electron chi connectivity index (χ0n) is 19.7. The Labute approximate surface area is 204 Å². The molecule has 1 aliphatic rings. The number of amides is 1. The summed E-state index contributed by atoms with van der Waals surface area (Å²) in [4.78, 5) is 31.6. The van der Waals surface area contributed by atoms with Crippen LogP contribution in [0.3, 0.4) is 0 Å². The number of likely N-dealkylation sites (N-methyl/N-ethyl adjacent to an activating group) is 1. The van der Waals surface area contributed by atoms with Gasteiger partial charge in [0.1, 0.15) is 5.71 Å². The Bertz CT molecular complexity index is 971. The smallest absolute Gasteiger partial charge is 0.317 e. The number of aliphatic carboxylic acids is 1. The summed E-state index contributed by atoms with van der Waals surface area (Å²) in [7, 11) is 0. The standard InChI is InChI=1S/C25H34N4O4S/c1-2-29(16-24(31)32)15-20-13-19(10-11-21(20)26)25(22-9-6-12-34-22)28-33-17-23(30)27-14-18-7-4-3-5-8-18/h6,9-13,18H,2-5,7-8,14-17,26H2,1H3,(H,27,30)(H,31,32)/b28-25-. The number of anilines is 1. The van der Waals surface area contributed by atoms with E-state index in [-0.39, 0.29) is 19.1 Å². The van der Waals surface area contributed by atoms with Gasteiger partial charge in [-0.2, -0.15) is 0 Å². The molecule has 34 heavy (non-hydrogen) atoms. The molecule has 0 bridgehead atoms. The summed E-state index contributed by atoms with van der Waals surface area (Å²) in [5, 5.41) is 18.4. The fraction of sp³-hybridized carbons (Fsp3) is 0.480. The van der Waals surface area contributed by atoms with Crippen molar-refractivity contribution in [2.45, 2.75) is 45.6 Å². The quantitative estimate of drug-likeness (QED) is 0.239. The Morgan fingerprint density at radius 2 is 2.06 bits per heavy atom. The molecule has 0 saturated heterocycles. The molecule has 0 spiro atoms. The number of carbonyl (C=O) groups excluding carboxylic acids is 1. The van der Waals surface area contributed by atoms with E-state index in [1.807, 2.05) is 36.6 Å². The van der Waals surface area contributed by atoms with Crippen LogP contribution in [0.2, 0.25) is 0 Å². The molecule has 3 rings (SSSR count). The molecule has 0 radical (unpaired) electrons. The van der Waals surface area contributed by atoms with Crippen molar-refractivity contribution in [2.24, 2.45) is 11.1 Å². The number of thiophene rings is 1. The van der Waals surface area contributed by atoms with E-state index in [1.165, 1.54) is 43.4 Å². The van der Waals surface area contributed by atoms with Gasteiger partial charge in [-0.3, -0.25) is 14.5 Å². The van der Waals surface area contributed by atoms with E-state index in [0.29, 0.717) is 37.0 Å². The lowest BCUT2D eigenvalue weighted by atomic mass is 9.89. The first-order chi connectivity index (χ1) is 16.5. The number of nitrogens with zero attached hydrogens (tertiary/aromatic N) is 2. The maximum absolute atomic E-state index is 12.3. The number of nitrogens with two attached hydrogens (primary N) is 1. The van der Waals surface area contributed by atoms with Gasteiger partial charge in [0.15, 0.2) is 6.61 Å². The molecule has 8 nitrogen and oxygen atoms in total. The minimum Gasteiger partial charge on any atom is -0.480 e. The Balaban J connectivity index is 1.69. The highest BCUT2D eigenvalue weighted by Gasteiger charge is 2.16. The number of hydrogen-bond donors (Lipinski definition) is 3. The van der Waals surface area contributed by atoms with Crippen LogP contribution in [-0.2, 0) is 21.0 Å². The first-order valence-corrected chi connectivity index (χ1v) is 12.7. The Morgan fingerprint density at radius 3 is 2.74 bits per heavy atom. The predicted molar refractivity (Wildman–Crippen MR) is 135 cm³/mol. The Kier molecular flexibility index (Phi) is 9.90. The molecule has 2 aromatic rings. The highest BCUT2D eigenvalue weighted by molar-refractivity contribution is 7.12. The zero-order chi connectivity index (χ0) is 24.3. The molecule has 1 aromatic carbocycles. The SMILES string of the molecule is CCN(CC(=O)O)Cc1cc(/C(=N/OCC(=O)NCC2CCCCC2)c2cccs2)ccc1N. The number of benzene rings is 1. The van der Waals surface area contributed by atoms with Gasteiger partial charge >= 0.3 is 5.97 Å². The highest BCUT2D eigenvalue weighted by Crippen LogP contribution is 2.23. The second-order valence-corrected chi connectivity index (χ2v) is 9.56. The molecule has 9 heteroatoms. The van der Waals surface area contributed by atoms with Crippen LogP contribution in [0.4, 0.5) is 5.69 Å². The summed E-state index contributed by atoms with van der Waals surface area (Å²) in [6, 6.07) is 9.42. The van der Waals surface area contributed by atoms with E-state index in [2.05, 4.69) is 10.5 Å². The monoisotopic (exact) mass is 486 g/mol. The average molecular weight is 487 g/mol. The van der Waals surface area contributed by atoms with Gasteiger partial charge in [-0.1, -0.05) is 43.5 Å². The van der Waals surface area contributed by atoms with Crippen molar-refractivity contribution < 1.29 is 19.5 Å². The van der Waals surface area contributed by atoms with Gasteiger partial charge in [-0.15, -0.1) is 11.3 Å². The second-order valence-electron chi connectivity index (χ2n) is 8.61. The first-order valence-electron chi connectivity index (χ1n) is 11.8. The number of rotatable bonds is 12. The number of nitrogen functional groups attached to an aromatic ring is 1. The lowest BCUT2D eigenvalue weighted by Crippen LogP contribution is -2.32. The van der Waals surface area contributed by atoms with Gasteiger partial charge in [-0.05, 0) is 54.4 Å². The van der Waals surface area contributed by atoms with Crippen molar-refractivity contribution in [3.8, 4) is 0 Å². The zero-order valence-corrected chi connectivity index (χ0v) is 20.5. The van der Waals surface area contributed by atoms with Crippen LogP contribution in [-0.4, -0.2) is 53.8 Å². The van der Waals surface area contributed by atoms with Crippen molar-refractivity contribution in [3.63, 3.8) is 0 Å². The van der Waals surface area contributed by atoms with E-state index in [4.69, 9.17) is 15.7 Å². The van der Waals surface area contributed by atoms with Crippen LogP contribution in [0, 0.1) is 5.92 Å². The van der Waals surface area contributed by atoms with Gasteiger partial charge in [0.2, 0.25) is 0 Å². The topological polar surface area (TPSA) is 117 Å². The summed E-state index contributed by atoms with van der Waals surface area (Å²) in [6.45, 7) is 3.38. The van der Waals surface area contributed by atoms with E-state index in [0.717, 1.165) is 16.0 Å². The fourth-order valence-electron chi connectivity index (χ4n) is 4.11. The van der Waals surface area contributed by atoms with Crippen molar-refractivity contribution in [2.75, 3.05) is 32.0 Å². The molecule has 1 saturated carbocycles. The first kappa shape index (κ1) is 25.7. The van der Waals surface area contributed by atoms with Gasteiger partial charge in [0, 0.05) is 24.3 Å². The molecular weight excluding hydrogens is 452 g/mol. The van der Waals surface area contributed by atoms with Crippen LogP contribution >= 0.6 is 11.3 Å². The minimum absolute atomic E-state index is 0.0644. The molecule has 1 amide bonds. The molecule has 1 aromatic heterocycles. The molecule has 0 unspecified atom stereocenters. The largest absolute Gasteiger partial charge is 0.480 e. The van der Waals surface area contributed by atoms with Crippen molar-refractivity contribution in [1.82, 2.24) is 10.2 Å². The number of hydrogen-bond acceptors (Lipinski definition) is 7. The molecule has 4 N–H and O–H groups in total. The van der Waals surface area contributed by atoms with E-state index in [9.17, 15) is 9.59 Å². The number of carboxylic acid groups (broad SMARTS) is 1. The molecule has 1 aliphatic carbocycles. The lowest BCUT2D eigenvalue weighted by Gasteiger charge is -2.21. The second kappa shape index (κ2) is 13.1. The third-order valence-corrected chi connectivity index (χ3v) is 6.91. The third-order valence-electron chi connectivity index (χ3n) is 6.04. The molecule has 0 atom stereocenters. The molecule has 184 valence electrons. The van der Waals surface area contributed by atoms with Gasteiger partial charge in [0.05, 0.1) is 11.4 Å². The van der Waals surface area contributed by atoms with Crippen LogP contribution < -0.4 is 11.1 Å². The predicted octanol–water partition coefficient (Wildman–Crippen LogP) is 3.70. The number of carboxylic acids is 1. The maximum Gasteiger partial charge on any atom is 0.317 e. The van der Waals surface area contributed by atoms with Crippen LogP contribution in [0.1, 0.15) is 55.0 Å². The van der Waals surface area contributed by atoms with Gasteiger partial charge in [0.25, 0.3) is 5.91 Å². The fourth-order valence-corrected chi connectivity index (χ4v) is 4.84. The lowest BCUT2D eigenvalue weighted by molar-refractivity contribution is -0.138. The summed E-state index contributed by atoms with van der Waals surface area (Å²) in [6.07, 6.45) is 6.10. The van der Waals surface area contributed by atoms with E-state index in [1.54, 1.807) is 11.0 Å². The van der Waals surface area contributed by atoms with Crippen molar-refractivity contribution in [1.29, 1.82) is 0 Å². The highest BCUT2D eigenvalue weighted by atomic mass is 32.1. The Hall–Kier alpha value is -2.91. The van der Waals surface area contributed by atoms with E-state index >= 15 is 0 Å². The van der Waals surface area contributed by atoms with E-state index < -0.39 is 5.97 Å².